The number of carbonyl (C=O) groups is 6. The van der Waals surface area contributed by atoms with Crippen molar-refractivity contribution >= 4 is 35.6 Å². The van der Waals surface area contributed by atoms with Gasteiger partial charge in [-0.05, 0) is 11.5 Å². The van der Waals surface area contributed by atoms with Gasteiger partial charge in [-0.2, -0.15) is 0 Å². The van der Waals surface area contributed by atoms with Crippen molar-refractivity contribution in [3.63, 3.8) is 0 Å². The molecular weight excluding hydrogens is 476 g/mol. The minimum absolute atomic E-state index is 0.110. The molecule has 8 N–H and O–H groups in total. The molecule has 1 aromatic carbocycles. The van der Waals surface area contributed by atoms with Crippen LogP contribution in [0.25, 0.3) is 0 Å². The van der Waals surface area contributed by atoms with Crippen LogP contribution in [0.5, 0.6) is 0 Å². The molecule has 0 saturated carbocycles. The second-order valence-electron chi connectivity index (χ2n) is 8.32. The molecule has 1 aromatic rings. The predicted molar refractivity (Wildman–Crippen MR) is 126 cm³/mol. The normalized spacial score (nSPS) is 14.9. The third-order valence-electron chi connectivity index (χ3n) is 5.48. The van der Waals surface area contributed by atoms with E-state index in [1.54, 1.807) is 44.2 Å². The van der Waals surface area contributed by atoms with Crippen molar-refractivity contribution in [3.05, 3.63) is 35.9 Å². The standard InChI is InChI=1S/C23H32N4O9/c1-3-12(2)19(24)22(34)26-15(11-18(30)31)20(32)25-14(10-17(28)29)21(33)27-16(23(35)36)9-13-7-5-4-6-8-13/h4-8,12,14-16,19H,3,9-11,24H2,1-2H3,(H,25,32)(H,26,34)(H,27,33)(H,28,29)(H,30,31)(H,35,36). The van der Waals surface area contributed by atoms with Gasteiger partial charge in [0.05, 0.1) is 18.9 Å². The lowest BCUT2D eigenvalue weighted by molar-refractivity contribution is -0.145. The number of aliphatic carboxylic acids is 3. The summed E-state index contributed by atoms with van der Waals surface area (Å²) < 4.78 is 0. The Morgan fingerprint density at radius 1 is 0.778 bits per heavy atom. The molecule has 36 heavy (non-hydrogen) atoms. The maximum absolute atomic E-state index is 12.8. The van der Waals surface area contributed by atoms with Gasteiger partial charge in [-0.1, -0.05) is 50.6 Å². The predicted octanol–water partition coefficient (Wildman–Crippen LogP) is -0.909. The second kappa shape index (κ2) is 14.4. The topological polar surface area (TPSA) is 225 Å². The highest BCUT2D eigenvalue weighted by atomic mass is 16.4. The summed E-state index contributed by atoms with van der Waals surface area (Å²) in [5.41, 5.74) is 6.41. The van der Waals surface area contributed by atoms with E-state index >= 15 is 0 Å². The zero-order chi connectivity index (χ0) is 27.4. The summed E-state index contributed by atoms with van der Waals surface area (Å²) >= 11 is 0. The Morgan fingerprint density at radius 3 is 1.64 bits per heavy atom. The van der Waals surface area contributed by atoms with Crippen molar-refractivity contribution in [1.29, 1.82) is 0 Å². The molecule has 0 radical (unpaired) electrons. The molecule has 0 saturated heterocycles. The zero-order valence-corrected chi connectivity index (χ0v) is 20.0. The Kier molecular flexibility index (Phi) is 12.0. The molecule has 0 aliphatic rings. The molecule has 13 nitrogen and oxygen atoms in total. The highest BCUT2D eigenvalue weighted by Crippen LogP contribution is 2.08. The lowest BCUT2D eigenvalue weighted by Crippen LogP contribution is -2.58. The van der Waals surface area contributed by atoms with E-state index in [4.69, 9.17) is 10.8 Å². The molecule has 5 unspecified atom stereocenters. The lowest BCUT2D eigenvalue weighted by Gasteiger charge is -2.25. The molecular formula is C23H32N4O9. The van der Waals surface area contributed by atoms with Gasteiger partial charge in [0.25, 0.3) is 0 Å². The molecule has 1 rings (SSSR count). The summed E-state index contributed by atoms with van der Waals surface area (Å²) in [6.45, 7) is 3.48. The Bertz CT molecular complexity index is 954. The van der Waals surface area contributed by atoms with Crippen LogP contribution in [0.3, 0.4) is 0 Å². The Balaban J connectivity index is 3.03. The van der Waals surface area contributed by atoms with Gasteiger partial charge in [0.15, 0.2) is 0 Å². The van der Waals surface area contributed by atoms with E-state index in [-0.39, 0.29) is 12.3 Å². The van der Waals surface area contributed by atoms with Crippen molar-refractivity contribution in [3.8, 4) is 0 Å². The van der Waals surface area contributed by atoms with E-state index in [0.717, 1.165) is 0 Å². The highest BCUT2D eigenvalue weighted by Gasteiger charge is 2.33. The summed E-state index contributed by atoms with van der Waals surface area (Å²) in [4.78, 5) is 72.1. The first-order valence-electron chi connectivity index (χ1n) is 11.2. The summed E-state index contributed by atoms with van der Waals surface area (Å²) in [6.07, 6.45) is -1.35. The third-order valence-corrected chi connectivity index (χ3v) is 5.48. The summed E-state index contributed by atoms with van der Waals surface area (Å²) in [5, 5.41) is 34.3. The fourth-order valence-electron chi connectivity index (χ4n) is 3.14. The Hall–Kier alpha value is -4.00. The van der Waals surface area contributed by atoms with E-state index in [2.05, 4.69) is 16.0 Å². The SMILES string of the molecule is CCC(C)C(N)C(=O)NC(CC(=O)O)C(=O)NC(CC(=O)O)C(=O)NC(Cc1ccccc1)C(=O)O. The van der Waals surface area contributed by atoms with Crippen molar-refractivity contribution in [2.45, 2.75) is 63.7 Å². The van der Waals surface area contributed by atoms with Gasteiger partial charge in [0, 0.05) is 6.42 Å². The molecule has 0 fully saturated rings. The Labute approximate surface area is 207 Å². The average Bonchev–Trinajstić information content (AvgIpc) is 2.81. The molecule has 13 heteroatoms. The summed E-state index contributed by atoms with van der Waals surface area (Å²) in [6, 6.07) is 2.48. The van der Waals surface area contributed by atoms with Gasteiger partial charge in [0.2, 0.25) is 17.7 Å². The minimum Gasteiger partial charge on any atom is -0.481 e. The van der Waals surface area contributed by atoms with Crippen LogP contribution in [-0.4, -0.2) is 75.1 Å². The molecule has 0 heterocycles. The number of amides is 3. The van der Waals surface area contributed by atoms with Crippen LogP contribution >= 0.6 is 0 Å². The first kappa shape index (κ1) is 30.0. The summed E-state index contributed by atoms with van der Waals surface area (Å²) in [7, 11) is 0. The largest absolute Gasteiger partial charge is 0.481 e. The lowest BCUT2D eigenvalue weighted by atomic mass is 9.99. The Morgan fingerprint density at radius 2 is 1.22 bits per heavy atom. The molecule has 3 amide bonds. The minimum atomic E-state index is -1.75. The van der Waals surface area contributed by atoms with E-state index < -0.39 is 72.6 Å². The van der Waals surface area contributed by atoms with E-state index in [9.17, 15) is 39.0 Å². The van der Waals surface area contributed by atoms with Crippen LogP contribution in [0.2, 0.25) is 0 Å². The maximum Gasteiger partial charge on any atom is 0.326 e. The molecule has 198 valence electrons. The second-order valence-corrected chi connectivity index (χ2v) is 8.32. The maximum atomic E-state index is 12.8. The number of nitrogens with one attached hydrogen (secondary N) is 3. The van der Waals surface area contributed by atoms with Crippen LogP contribution in [0.4, 0.5) is 0 Å². The molecule has 0 aliphatic heterocycles. The number of benzene rings is 1. The fourth-order valence-corrected chi connectivity index (χ4v) is 3.14. The van der Waals surface area contributed by atoms with Crippen LogP contribution in [0, 0.1) is 5.92 Å². The third kappa shape index (κ3) is 10.1. The monoisotopic (exact) mass is 508 g/mol. The van der Waals surface area contributed by atoms with Gasteiger partial charge in [-0.3, -0.25) is 24.0 Å². The molecule has 0 aromatic heterocycles. The van der Waals surface area contributed by atoms with Crippen LogP contribution in [0.1, 0.15) is 38.7 Å². The van der Waals surface area contributed by atoms with Gasteiger partial charge in [0.1, 0.15) is 18.1 Å². The number of hydrogen-bond acceptors (Lipinski definition) is 7. The zero-order valence-electron chi connectivity index (χ0n) is 20.0. The average molecular weight is 509 g/mol. The van der Waals surface area contributed by atoms with E-state index in [1.165, 1.54) is 0 Å². The number of hydrogen-bond donors (Lipinski definition) is 7. The van der Waals surface area contributed by atoms with Crippen LogP contribution in [0.15, 0.2) is 30.3 Å². The van der Waals surface area contributed by atoms with Crippen molar-refractivity contribution in [2.75, 3.05) is 0 Å². The first-order valence-corrected chi connectivity index (χ1v) is 11.2. The number of rotatable bonds is 15. The molecule has 0 spiro atoms. The van der Waals surface area contributed by atoms with Gasteiger partial charge >= 0.3 is 17.9 Å². The number of carboxylic acids is 3. The fraction of sp³-hybridized carbons (Fsp3) is 0.478. The van der Waals surface area contributed by atoms with Crippen LogP contribution < -0.4 is 21.7 Å². The van der Waals surface area contributed by atoms with Gasteiger partial charge in [-0.25, -0.2) is 4.79 Å². The van der Waals surface area contributed by atoms with E-state index in [0.29, 0.717) is 12.0 Å². The van der Waals surface area contributed by atoms with E-state index in [1.807, 2.05) is 0 Å². The number of carboxylic acid groups (broad SMARTS) is 3. The molecule has 0 bridgehead atoms. The highest BCUT2D eigenvalue weighted by molar-refractivity contribution is 5.96. The first-order chi connectivity index (χ1) is 16.8. The van der Waals surface area contributed by atoms with Crippen LogP contribution in [-0.2, 0) is 35.2 Å². The summed E-state index contributed by atoms with van der Waals surface area (Å²) in [5.74, 6) is -7.63. The molecule has 0 aliphatic carbocycles. The molecule has 5 atom stereocenters. The quantitative estimate of drug-likeness (QED) is 0.154. The van der Waals surface area contributed by atoms with Crippen molar-refractivity contribution in [2.24, 2.45) is 11.7 Å². The number of nitrogens with two attached hydrogens (primary N) is 1. The van der Waals surface area contributed by atoms with Crippen molar-refractivity contribution in [1.82, 2.24) is 16.0 Å². The van der Waals surface area contributed by atoms with Gasteiger partial charge < -0.3 is 37.0 Å². The van der Waals surface area contributed by atoms with Crippen molar-refractivity contribution < 1.29 is 44.1 Å². The smallest absolute Gasteiger partial charge is 0.326 e. The number of carbonyl (C=O) groups excluding carboxylic acids is 3. The van der Waals surface area contributed by atoms with Gasteiger partial charge in [-0.15, -0.1) is 0 Å².